The number of halogens is 1. The molecule has 0 saturated carbocycles. The molecule has 0 aliphatic heterocycles. The SMILES string of the molecule is Cc1ccc(C(Br)c2ccccc2C(N)=O)o1. The van der Waals surface area contributed by atoms with E-state index in [2.05, 4.69) is 15.9 Å². The topological polar surface area (TPSA) is 56.2 Å². The molecule has 3 nitrogen and oxygen atoms in total. The first-order chi connectivity index (χ1) is 8.09. The van der Waals surface area contributed by atoms with E-state index in [1.54, 1.807) is 12.1 Å². The first-order valence-electron chi connectivity index (χ1n) is 5.18. The second kappa shape index (κ2) is 4.75. The summed E-state index contributed by atoms with van der Waals surface area (Å²) in [5, 5.41) is 0. The normalized spacial score (nSPS) is 12.4. The number of rotatable bonds is 3. The van der Waals surface area contributed by atoms with Crippen LogP contribution in [0.1, 0.15) is 32.3 Å². The highest BCUT2D eigenvalue weighted by molar-refractivity contribution is 9.09. The van der Waals surface area contributed by atoms with Crippen LogP contribution in [0.25, 0.3) is 0 Å². The molecule has 1 atom stereocenters. The molecule has 1 aromatic heterocycles. The molecule has 1 amide bonds. The molecule has 2 aromatic rings. The lowest BCUT2D eigenvalue weighted by Crippen LogP contribution is -2.14. The first kappa shape index (κ1) is 11.9. The van der Waals surface area contributed by atoms with Gasteiger partial charge in [0.1, 0.15) is 11.5 Å². The lowest BCUT2D eigenvalue weighted by molar-refractivity contribution is 0.0999. The van der Waals surface area contributed by atoms with E-state index in [4.69, 9.17) is 10.2 Å². The zero-order chi connectivity index (χ0) is 12.4. The number of hydrogen-bond donors (Lipinski definition) is 1. The van der Waals surface area contributed by atoms with E-state index in [1.165, 1.54) is 0 Å². The van der Waals surface area contributed by atoms with Crippen molar-refractivity contribution in [2.45, 2.75) is 11.8 Å². The number of carbonyl (C=O) groups excluding carboxylic acids is 1. The minimum atomic E-state index is -0.437. The lowest BCUT2D eigenvalue weighted by Gasteiger charge is -2.11. The fourth-order valence-electron chi connectivity index (χ4n) is 1.69. The minimum Gasteiger partial charge on any atom is -0.465 e. The Hall–Kier alpha value is -1.55. The van der Waals surface area contributed by atoms with Gasteiger partial charge in [-0.2, -0.15) is 0 Å². The predicted octanol–water partition coefficient (Wildman–Crippen LogP) is 3.17. The van der Waals surface area contributed by atoms with E-state index in [0.29, 0.717) is 5.56 Å². The molecule has 2 N–H and O–H groups in total. The van der Waals surface area contributed by atoms with Crippen molar-refractivity contribution in [1.29, 1.82) is 0 Å². The number of aryl methyl sites for hydroxylation is 1. The molecular formula is C13H12BrNO2. The fourth-order valence-corrected chi connectivity index (χ4v) is 2.33. The molecule has 0 fully saturated rings. The first-order valence-corrected chi connectivity index (χ1v) is 6.10. The van der Waals surface area contributed by atoms with E-state index in [1.807, 2.05) is 31.2 Å². The van der Waals surface area contributed by atoms with E-state index >= 15 is 0 Å². The highest BCUT2D eigenvalue weighted by Gasteiger charge is 2.19. The maximum Gasteiger partial charge on any atom is 0.249 e. The Labute approximate surface area is 108 Å². The molecule has 0 bridgehead atoms. The van der Waals surface area contributed by atoms with Crippen LogP contribution < -0.4 is 5.73 Å². The average molecular weight is 294 g/mol. The van der Waals surface area contributed by atoms with E-state index in [9.17, 15) is 4.79 Å². The summed E-state index contributed by atoms with van der Waals surface area (Å²) in [4.78, 5) is 11.2. The number of nitrogens with two attached hydrogens (primary N) is 1. The molecule has 88 valence electrons. The number of amides is 1. The summed E-state index contributed by atoms with van der Waals surface area (Å²) in [6, 6.07) is 11.0. The van der Waals surface area contributed by atoms with Gasteiger partial charge in [-0.25, -0.2) is 0 Å². The Morgan fingerprint density at radius 3 is 2.59 bits per heavy atom. The van der Waals surface area contributed by atoms with Gasteiger partial charge >= 0.3 is 0 Å². The van der Waals surface area contributed by atoms with Crippen molar-refractivity contribution >= 4 is 21.8 Å². The highest BCUT2D eigenvalue weighted by atomic mass is 79.9. The van der Waals surface area contributed by atoms with Gasteiger partial charge in [-0.3, -0.25) is 4.79 Å². The zero-order valence-corrected chi connectivity index (χ0v) is 10.9. The summed E-state index contributed by atoms with van der Waals surface area (Å²) in [6.07, 6.45) is 0. The molecule has 2 rings (SSSR count). The van der Waals surface area contributed by atoms with Gasteiger partial charge < -0.3 is 10.2 Å². The van der Waals surface area contributed by atoms with Crippen LogP contribution in [0.3, 0.4) is 0 Å². The zero-order valence-electron chi connectivity index (χ0n) is 9.31. The Bertz CT molecular complexity index is 548. The molecule has 4 heteroatoms. The van der Waals surface area contributed by atoms with E-state index in [-0.39, 0.29) is 4.83 Å². The Balaban J connectivity index is 2.43. The Morgan fingerprint density at radius 1 is 1.29 bits per heavy atom. The van der Waals surface area contributed by atoms with Crippen LogP contribution in [-0.2, 0) is 0 Å². The van der Waals surface area contributed by atoms with Crippen LogP contribution in [0, 0.1) is 6.92 Å². The van der Waals surface area contributed by atoms with Crippen LogP contribution >= 0.6 is 15.9 Å². The number of benzene rings is 1. The lowest BCUT2D eigenvalue weighted by atomic mass is 10.0. The van der Waals surface area contributed by atoms with Gasteiger partial charge in [0.15, 0.2) is 0 Å². The van der Waals surface area contributed by atoms with Crippen LogP contribution in [-0.4, -0.2) is 5.91 Å². The molecule has 0 spiro atoms. The van der Waals surface area contributed by atoms with Gasteiger partial charge in [-0.05, 0) is 30.7 Å². The van der Waals surface area contributed by atoms with E-state index in [0.717, 1.165) is 17.1 Å². The van der Waals surface area contributed by atoms with Gasteiger partial charge in [0, 0.05) is 5.56 Å². The second-order valence-electron chi connectivity index (χ2n) is 3.76. The van der Waals surface area contributed by atoms with Gasteiger partial charge in [0.2, 0.25) is 5.91 Å². The number of furan rings is 1. The van der Waals surface area contributed by atoms with E-state index < -0.39 is 5.91 Å². The second-order valence-corrected chi connectivity index (χ2v) is 4.68. The largest absolute Gasteiger partial charge is 0.465 e. The molecule has 0 radical (unpaired) electrons. The smallest absolute Gasteiger partial charge is 0.249 e. The summed E-state index contributed by atoms with van der Waals surface area (Å²) in [5.41, 5.74) is 6.66. The third kappa shape index (κ3) is 2.42. The maximum absolute atomic E-state index is 11.3. The molecule has 0 aliphatic rings. The molecule has 1 unspecified atom stereocenters. The van der Waals surface area contributed by atoms with Crippen molar-refractivity contribution in [2.24, 2.45) is 5.73 Å². The van der Waals surface area contributed by atoms with Gasteiger partial charge in [0.25, 0.3) is 0 Å². The average Bonchev–Trinajstić information content (AvgIpc) is 2.75. The summed E-state index contributed by atoms with van der Waals surface area (Å²) in [6.45, 7) is 1.88. The van der Waals surface area contributed by atoms with Crippen LogP contribution in [0.5, 0.6) is 0 Å². The summed E-state index contributed by atoms with van der Waals surface area (Å²) in [7, 11) is 0. The number of alkyl halides is 1. The fraction of sp³-hybridized carbons (Fsp3) is 0.154. The summed E-state index contributed by atoms with van der Waals surface area (Å²) < 4.78 is 5.54. The van der Waals surface area contributed by atoms with Crippen molar-refractivity contribution in [3.8, 4) is 0 Å². The number of hydrogen-bond acceptors (Lipinski definition) is 2. The minimum absolute atomic E-state index is 0.167. The standard InChI is InChI=1S/C13H12BrNO2/c1-8-6-7-11(17-8)12(14)9-4-2-3-5-10(9)13(15)16/h2-7,12H,1H3,(H2,15,16). The highest BCUT2D eigenvalue weighted by Crippen LogP contribution is 2.33. The predicted molar refractivity (Wildman–Crippen MR) is 69.2 cm³/mol. The molecule has 1 aromatic carbocycles. The van der Waals surface area contributed by atoms with Crippen molar-refractivity contribution in [1.82, 2.24) is 0 Å². The third-order valence-corrected chi connectivity index (χ3v) is 3.45. The van der Waals surface area contributed by atoms with Crippen LogP contribution in [0.15, 0.2) is 40.8 Å². The van der Waals surface area contributed by atoms with Crippen molar-refractivity contribution in [2.75, 3.05) is 0 Å². The Morgan fingerprint density at radius 2 is 2.00 bits per heavy atom. The van der Waals surface area contributed by atoms with Gasteiger partial charge in [-0.15, -0.1) is 0 Å². The van der Waals surface area contributed by atoms with Crippen molar-refractivity contribution in [3.05, 3.63) is 59.0 Å². The van der Waals surface area contributed by atoms with Crippen molar-refractivity contribution in [3.63, 3.8) is 0 Å². The molecule has 0 aliphatic carbocycles. The molecule has 17 heavy (non-hydrogen) atoms. The van der Waals surface area contributed by atoms with Gasteiger partial charge in [-0.1, -0.05) is 34.1 Å². The summed E-state index contributed by atoms with van der Waals surface area (Å²) >= 11 is 3.53. The van der Waals surface area contributed by atoms with Gasteiger partial charge in [0.05, 0.1) is 4.83 Å². The summed E-state index contributed by atoms with van der Waals surface area (Å²) in [5.74, 6) is 1.16. The van der Waals surface area contributed by atoms with Crippen LogP contribution in [0.2, 0.25) is 0 Å². The van der Waals surface area contributed by atoms with Crippen LogP contribution in [0.4, 0.5) is 0 Å². The molecular weight excluding hydrogens is 282 g/mol. The van der Waals surface area contributed by atoms with Crippen molar-refractivity contribution < 1.29 is 9.21 Å². The monoisotopic (exact) mass is 293 g/mol. The molecule has 1 heterocycles. The number of primary amides is 1. The quantitative estimate of drug-likeness (QED) is 0.884. The third-order valence-electron chi connectivity index (χ3n) is 2.51. The Kier molecular flexibility index (Phi) is 3.33. The molecule has 0 saturated heterocycles. The maximum atomic E-state index is 11.3. The number of carbonyl (C=O) groups is 1.